The van der Waals surface area contributed by atoms with Crippen molar-refractivity contribution in [2.75, 3.05) is 0 Å². The topological polar surface area (TPSA) is 57.8 Å². The summed E-state index contributed by atoms with van der Waals surface area (Å²) in [5.41, 5.74) is 5.05. The highest BCUT2D eigenvalue weighted by atomic mass is 16.1. The maximum atomic E-state index is 12.2. The lowest BCUT2D eigenvalue weighted by molar-refractivity contribution is 0.0951. The van der Waals surface area contributed by atoms with Gasteiger partial charge in [0, 0.05) is 17.0 Å². The maximum Gasteiger partial charge on any atom is 0.251 e. The summed E-state index contributed by atoms with van der Waals surface area (Å²) in [4.78, 5) is 12.2. The zero-order chi connectivity index (χ0) is 15.1. The molecule has 110 valence electrons. The second-order valence-corrected chi connectivity index (χ2v) is 5.95. The molecule has 2 aromatic carbocycles. The van der Waals surface area contributed by atoms with Gasteiger partial charge in [0.1, 0.15) is 0 Å². The molecule has 1 fully saturated rings. The first-order valence-corrected chi connectivity index (χ1v) is 7.56. The molecule has 1 aromatic heterocycles. The van der Waals surface area contributed by atoms with E-state index in [0.29, 0.717) is 6.04 Å². The Balaban J connectivity index is 1.74. The van der Waals surface area contributed by atoms with E-state index in [9.17, 15) is 4.79 Å². The summed E-state index contributed by atoms with van der Waals surface area (Å²) < 4.78 is 0. The normalized spacial score (nSPS) is 14.2. The number of aromatic amines is 1. The third kappa shape index (κ3) is 2.37. The minimum absolute atomic E-state index is 0.0198. The minimum atomic E-state index is 0.0198. The molecule has 0 radical (unpaired) electrons. The Hall–Kier alpha value is -2.62. The number of nitrogens with one attached hydrogen (secondary N) is 2. The van der Waals surface area contributed by atoms with Gasteiger partial charge in [-0.25, -0.2) is 0 Å². The van der Waals surface area contributed by atoms with Crippen molar-refractivity contribution in [1.29, 1.82) is 0 Å². The molecule has 4 heteroatoms. The van der Waals surface area contributed by atoms with Crippen LogP contribution in [-0.4, -0.2) is 22.1 Å². The molecule has 0 bridgehead atoms. The number of carbonyl (C=O) groups excluding carboxylic acids is 1. The lowest BCUT2D eigenvalue weighted by Gasteiger charge is -2.10. The molecule has 4 rings (SSSR count). The van der Waals surface area contributed by atoms with E-state index < -0.39 is 0 Å². The van der Waals surface area contributed by atoms with Gasteiger partial charge in [-0.05, 0) is 54.7 Å². The van der Waals surface area contributed by atoms with Gasteiger partial charge in [0.05, 0.1) is 11.7 Å². The van der Waals surface area contributed by atoms with Crippen molar-refractivity contribution in [1.82, 2.24) is 15.5 Å². The van der Waals surface area contributed by atoms with E-state index in [0.717, 1.165) is 46.0 Å². The molecule has 1 amide bonds. The van der Waals surface area contributed by atoms with E-state index >= 15 is 0 Å². The average Bonchev–Trinajstić information content (AvgIpc) is 3.21. The molecule has 4 nitrogen and oxygen atoms in total. The third-order valence-corrected chi connectivity index (χ3v) is 4.17. The Morgan fingerprint density at radius 3 is 2.91 bits per heavy atom. The number of H-pyrrole nitrogens is 1. The number of nitrogens with zero attached hydrogens (tertiary/aromatic N) is 1. The minimum Gasteiger partial charge on any atom is -0.349 e. The molecule has 1 heterocycles. The van der Waals surface area contributed by atoms with Crippen LogP contribution in [0, 0.1) is 6.92 Å². The number of rotatable bonds is 3. The van der Waals surface area contributed by atoms with Crippen LogP contribution in [0.2, 0.25) is 0 Å². The monoisotopic (exact) mass is 291 g/mol. The summed E-state index contributed by atoms with van der Waals surface area (Å²) in [6.45, 7) is 2.06. The molecule has 0 spiro atoms. The smallest absolute Gasteiger partial charge is 0.251 e. The van der Waals surface area contributed by atoms with Crippen molar-refractivity contribution in [2.24, 2.45) is 0 Å². The lowest BCUT2D eigenvalue weighted by atomic mass is 9.97. The Bertz CT molecular complexity index is 862. The molecule has 0 saturated heterocycles. The summed E-state index contributed by atoms with van der Waals surface area (Å²) in [7, 11) is 0. The van der Waals surface area contributed by atoms with Crippen molar-refractivity contribution < 1.29 is 4.79 Å². The van der Waals surface area contributed by atoms with Crippen molar-refractivity contribution in [3.63, 3.8) is 0 Å². The second kappa shape index (κ2) is 4.98. The van der Waals surface area contributed by atoms with Crippen LogP contribution in [0.1, 0.15) is 28.8 Å². The fourth-order valence-corrected chi connectivity index (χ4v) is 2.68. The summed E-state index contributed by atoms with van der Waals surface area (Å²) in [6.07, 6.45) is 4.01. The van der Waals surface area contributed by atoms with E-state index in [-0.39, 0.29) is 5.91 Å². The highest BCUT2D eigenvalue weighted by Crippen LogP contribution is 2.28. The van der Waals surface area contributed by atoms with Gasteiger partial charge in [0.2, 0.25) is 0 Å². The van der Waals surface area contributed by atoms with E-state index in [4.69, 9.17) is 0 Å². The molecule has 3 aromatic rings. The van der Waals surface area contributed by atoms with E-state index in [1.165, 1.54) is 0 Å². The van der Waals surface area contributed by atoms with Crippen LogP contribution < -0.4 is 5.32 Å². The highest BCUT2D eigenvalue weighted by molar-refractivity contribution is 5.96. The Kier molecular flexibility index (Phi) is 2.96. The fraction of sp³-hybridized carbons (Fsp3) is 0.222. The van der Waals surface area contributed by atoms with Gasteiger partial charge in [0.25, 0.3) is 5.91 Å². The van der Waals surface area contributed by atoms with Crippen LogP contribution >= 0.6 is 0 Å². The number of hydrogen-bond acceptors (Lipinski definition) is 2. The number of carbonyl (C=O) groups is 1. The maximum absolute atomic E-state index is 12.2. The van der Waals surface area contributed by atoms with Gasteiger partial charge in [-0.15, -0.1) is 0 Å². The van der Waals surface area contributed by atoms with Crippen LogP contribution in [0.3, 0.4) is 0 Å². The van der Waals surface area contributed by atoms with Crippen molar-refractivity contribution in [2.45, 2.75) is 25.8 Å². The lowest BCUT2D eigenvalue weighted by Crippen LogP contribution is -2.25. The quantitative estimate of drug-likeness (QED) is 0.776. The number of benzene rings is 2. The van der Waals surface area contributed by atoms with Gasteiger partial charge in [0.15, 0.2) is 0 Å². The second-order valence-electron chi connectivity index (χ2n) is 5.95. The summed E-state index contributed by atoms with van der Waals surface area (Å²) in [6, 6.07) is 12.4. The SMILES string of the molecule is Cc1ccc(C(=O)NC2CC2)cc1-c1ccc2cn[nH]c2c1. The number of aryl methyl sites for hydroxylation is 1. The van der Waals surface area contributed by atoms with Crippen LogP contribution in [-0.2, 0) is 0 Å². The average molecular weight is 291 g/mol. The van der Waals surface area contributed by atoms with Crippen LogP contribution in [0.15, 0.2) is 42.6 Å². The predicted octanol–water partition coefficient (Wildman–Crippen LogP) is 3.43. The number of fused-ring (bicyclic) bond motifs is 1. The van der Waals surface area contributed by atoms with Crippen LogP contribution in [0.25, 0.3) is 22.0 Å². The first-order valence-electron chi connectivity index (χ1n) is 7.56. The molecule has 1 aliphatic carbocycles. The largest absolute Gasteiger partial charge is 0.349 e. The summed E-state index contributed by atoms with van der Waals surface area (Å²) >= 11 is 0. The van der Waals surface area contributed by atoms with Gasteiger partial charge < -0.3 is 5.32 Å². The van der Waals surface area contributed by atoms with Crippen LogP contribution in [0.5, 0.6) is 0 Å². The van der Waals surface area contributed by atoms with Gasteiger partial charge >= 0.3 is 0 Å². The van der Waals surface area contributed by atoms with Gasteiger partial charge in [-0.1, -0.05) is 18.2 Å². The number of hydrogen-bond donors (Lipinski definition) is 2. The van der Waals surface area contributed by atoms with Crippen LogP contribution in [0.4, 0.5) is 0 Å². The van der Waals surface area contributed by atoms with E-state index in [1.54, 1.807) is 0 Å². The van der Waals surface area contributed by atoms with E-state index in [2.05, 4.69) is 34.6 Å². The van der Waals surface area contributed by atoms with Crippen molar-refractivity contribution in [3.8, 4) is 11.1 Å². The van der Waals surface area contributed by atoms with Crippen molar-refractivity contribution in [3.05, 3.63) is 53.7 Å². The molecular formula is C18H17N3O. The first kappa shape index (κ1) is 13.1. The van der Waals surface area contributed by atoms with Crippen molar-refractivity contribution >= 4 is 16.8 Å². The molecule has 0 atom stereocenters. The summed E-state index contributed by atoms with van der Waals surface area (Å²) in [5.74, 6) is 0.0198. The Morgan fingerprint density at radius 1 is 1.23 bits per heavy atom. The molecule has 1 aliphatic rings. The van der Waals surface area contributed by atoms with Gasteiger partial charge in [-0.3, -0.25) is 9.89 Å². The summed E-state index contributed by atoms with van der Waals surface area (Å²) in [5, 5.41) is 11.2. The number of aromatic nitrogens is 2. The fourth-order valence-electron chi connectivity index (χ4n) is 2.68. The van der Waals surface area contributed by atoms with Gasteiger partial charge in [-0.2, -0.15) is 5.10 Å². The molecule has 0 aliphatic heterocycles. The third-order valence-electron chi connectivity index (χ3n) is 4.17. The molecular weight excluding hydrogens is 274 g/mol. The predicted molar refractivity (Wildman–Crippen MR) is 86.8 cm³/mol. The Morgan fingerprint density at radius 2 is 2.09 bits per heavy atom. The molecule has 2 N–H and O–H groups in total. The first-order chi connectivity index (χ1) is 10.7. The zero-order valence-electron chi connectivity index (χ0n) is 12.4. The van der Waals surface area contributed by atoms with E-state index in [1.807, 2.05) is 30.5 Å². The molecule has 22 heavy (non-hydrogen) atoms. The number of amides is 1. The standard InChI is InChI=1S/C18H17N3O/c1-11-2-3-13(18(22)20-15-6-7-15)8-16(11)12-4-5-14-10-19-21-17(14)9-12/h2-5,8-10,15H,6-7H2,1H3,(H,19,21)(H,20,22). The molecule has 0 unspecified atom stereocenters. The zero-order valence-corrected chi connectivity index (χ0v) is 12.4. The molecule has 1 saturated carbocycles. The highest BCUT2D eigenvalue weighted by Gasteiger charge is 2.24. The Labute approximate surface area is 128 Å².